The second kappa shape index (κ2) is 8.58. The van der Waals surface area contributed by atoms with Gasteiger partial charge in [0.1, 0.15) is 16.2 Å². The van der Waals surface area contributed by atoms with Gasteiger partial charge in [-0.25, -0.2) is 4.98 Å². The molecular weight excluding hydrogens is 507 g/mol. The average molecular weight is 526 g/mol. The van der Waals surface area contributed by atoms with E-state index in [9.17, 15) is 0 Å². The highest BCUT2D eigenvalue weighted by Crippen LogP contribution is 2.51. The monoisotopic (exact) mass is 525 g/mol. The van der Waals surface area contributed by atoms with Gasteiger partial charge in [-0.05, 0) is 78.3 Å². The Morgan fingerprint density at radius 1 is 0.605 bits per heavy atom. The minimum absolute atomic E-state index is 0.733. The van der Waals surface area contributed by atoms with Crippen LogP contribution in [0.3, 0.4) is 0 Å². The van der Waals surface area contributed by atoms with Gasteiger partial charge in [-0.15, -0.1) is 0 Å². The van der Waals surface area contributed by atoms with Gasteiger partial charge in [0.25, 0.3) is 0 Å². The van der Waals surface area contributed by atoms with E-state index in [0.29, 0.717) is 0 Å². The summed E-state index contributed by atoms with van der Waals surface area (Å²) in [6.45, 7) is 0. The van der Waals surface area contributed by atoms with Crippen molar-refractivity contribution in [1.82, 2.24) is 9.36 Å². The second-order valence-electron chi connectivity index (χ2n) is 9.15. The van der Waals surface area contributed by atoms with E-state index in [-0.39, 0.29) is 0 Å². The van der Waals surface area contributed by atoms with Crippen molar-refractivity contribution in [3.63, 3.8) is 0 Å². The van der Waals surface area contributed by atoms with Crippen LogP contribution in [0.4, 0.5) is 17.1 Å². The van der Waals surface area contributed by atoms with E-state index >= 15 is 0 Å². The molecule has 0 saturated heterocycles. The van der Waals surface area contributed by atoms with Crippen LogP contribution in [0.5, 0.6) is 0 Å². The zero-order valence-corrected chi connectivity index (χ0v) is 21.7. The van der Waals surface area contributed by atoms with Crippen molar-refractivity contribution >= 4 is 62.3 Å². The third-order valence-corrected chi connectivity index (χ3v) is 8.76. The molecule has 38 heavy (non-hydrogen) atoms. The molecule has 0 radical (unpaired) electrons. The zero-order valence-electron chi connectivity index (χ0n) is 20.0. The minimum atomic E-state index is 0.733. The predicted molar refractivity (Wildman–Crippen MR) is 157 cm³/mol. The van der Waals surface area contributed by atoms with Crippen molar-refractivity contribution in [2.45, 2.75) is 9.79 Å². The van der Waals surface area contributed by atoms with Crippen molar-refractivity contribution in [3.8, 4) is 22.0 Å². The van der Waals surface area contributed by atoms with E-state index in [1.54, 1.807) is 0 Å². The summed E-state index contributed by atoms with van der Waals surface area (Å²) in [4.78, 5) is 9.71. The van der Waals surface area contributed by atoms with Crippen molar-refractivity contribution < 1.29 is 4.42 Å². The molecule has 0 aliphatic carbocycles. The fourth-order valence-electron chi connectivity index (χ4n) is 5.06. The van der Waals surface area contributed by atoms with Crippen molar-refractivity contribution in [3.05, 3.63) is 115 Å². The molecule has 0 saturated carbocycles. The van der Waals surface area contributed by atoms with Crippen LogP contribution in [0.2, 0.25) is 0 Å². The van der Waals surface area contributed by atoms with Gasteiger partial charge in [-0.1, -0.05) is 60.3 Å². The van der Waals surface area contributed by atoms with Gasteiger partial charge >= 0.3 is 0 Å². The maximum atomic E-state index is 6.08. The first-order valence-corrected chi connectivity index (χ1v) is 13.9. The molecule has 0 atom stereocenters. The molecule has 0 fully saturated rings. The summed E-state index contributed by atoms with van der Waals surface area (Å²) in [5, 5.41) is 3.12. The van der Waals surface area contributed by atoms with Crippen LogP contribution in [0.15, 0.2) is 129 Å². The number of furan rings is 1. The van der Waals surface area contributed by atoms with Crippen LogP contribution >= 0.6 is 23.3 Å². The van der Waals surface area contributed by atoms with E-state index < -0.39 is 0 Å². The molecule has 0 unspecified atom stereocenters. The van der Waals surface area contributed by atoms with Crippen LogP contribution < -0.4 is 4.90 Å². The lowest BCUT2D eigenvalue weighted by Gasteiger charge is -2.32. The third kappa shape index (κ3) is 3.45. The number of aromatic nitrogens is 2. The molecule has 8 rings (SSSR count). The highest BCUT2D eigenvalue weighted by Gasteiger charge is 2.24. The summed E-state index contributed by atoms with van der Waals surface area (Å²) in [6.07, 6.45) is 0. The Bertz CT molecular complexity index is 1930. The number of nitrogens with zero attached hydrogens (tertiary/aromatic N) is 3. The quantitative estimate of drug-likeness (QED) is 0.230. The Kier molecular flexibility index (Phi) is 4.90. The van der Waals surface area contributed by atoms with Crippen LogP contribution in [-0.4, -0.2) is 9.36 Å². The van der Waals surface area contributed by atoms with Gasteiger partial charge in [-0.2, -0.15) is 4.37 Å². The van der Waals surface area contributed by atoms with Gasteiger partial charge in [-0.3, -0.25) is 0 Å². The number of rotatable bonds is 3. The number of fused-ring (bicyclic) bond motifs is 5. The Morgan fingerprint density at radius 3 is 2.05 bits per heavy atom. The topological polar surface area (TPSA) is 42.2 Å². The lowest BCUT2D eigenvalue weighted by Crippen LogP contribution is -2.14. The van der Waals surface area contributed by atoms with Crippen molar-refractivity contribution in [2.24, 2.45) is 0 Å². The highest BCUT2D eigenvalue weighted by molar-refractivity contribution is 7.99. The standard InChI is InChI=1S/C32H19N3OS2/c1-4-10-27-23(7-1)24-18-15-21(19-28(24)36-27)32-33-31(34-38-32)20-13-16-22(17-14-20)35-25-8-2-5-11-29(25)37-30-12-6-3-9-26(30)35/h1-19H. The Morgan fingerprint density at radius 2 is 1.26 bits per heavy atom. The molecule has 4 nitrogen and oxygen atoms in total. The minimum Gasteiger partial charge on any atom is -0.456 e. The molecule has 3 heterocycles. The summed E-state index contributed by atoms with van der Waals surface area (Å²) in [7, 11) is 0. The molecule has 0 N–H and O–H groups in total. The lowest BCUT2D eigenvalue weighted by atomic mass is 10.1. The predicted octanol–water partition coefficient (Wildman–Crippen LogP) is 9.71. The normalized spacial score (nSPS) is 12.6. The molecular formula is C32H19N3OS2. The van der Waals surface area contributed by atoms with E-state index in [4.69, 9.17) is 9.40 Å². The summed E-state index contributed by atoms with van der Waals surface area (Å²) in [5.41, 5.74) is 7.27. The molecule has 6 heteroatoms. The van der Waals surface area contributed by atoms with Crippen LogP contribution in [-0.2, 0) is 0 Å². The van der Waals surface area contributed by atoms with Crippen LogP contribution in [0, 0.1) is 0 Å². The smallest absolute Gasteiger partial charge is 0.173 e. The fourth-order valence-corrected chi connectivity index (χ4v) is 6.80. The molecule has 180 valence electrons. The largest absolute Gasteiger partial charge is 0.456 e. The first-order valence-electron chi connectivity index (χ1n) is 12.3. The number of anilines is 3. The Labute approximate surface area is 227 Å². The van der Waals surface area contributed by atoms with Crippen molar-refractivity contribution in [1.29, 1.82) is 0 Å². The lowest BCUT2D eigenvalue weighted by molar-refractivity contribution is 0.669. The van der Waals surface area contributed by atoms with Crippen LogP contribution in [0.1, 0.15) is 0 Å². The van der Waals surface area contributed by atoms with Gasteiger partial charge in [0, 0.05) is 37.4 Å². The molecule has 1 aliphatic rings. The second-order valence-corrected chi connectivity index (χ2v) is 11.0. The summed E-state index contributed by atoms with van der Waals surface area (Å²) in [5.74, 6) is 0.733. The number of benzene rings is 5. The maximum Gasteiger partial charge on any atom is 0.173 e. The Balaban J connectivity index is 1.13. The third-order valence-electron chi connectivity index (χ3n) is 6.87. The molecule has 0 spiro atoms. The number of para-hydroxylation sites is 3. The molecule has 1 aliphatic heterocycles. The summed E-state index contributed by atoms with van der Waals surface area (Å²) < 4.78 is 10.8. The van der Waals surface area contributed by atoms with Gasteiger partial charge in [0.15, 0.2) is 5.82 Å². The fraction of sp³-hybridized carbons (Fsp3) is 0. The molecule has 5 aromatic carbocycles. The Hall–Kier alpha value is -4.39. The van der Waals surface area contributed by atoms with E-state index in [1.807, 2.05) is 30.0 Å². The first kappa shape index (κ1) is 21.7. The van der Waals surface area contributed by atoms with Gasteiger partial charge in [0.05, 0.1) is 11.4 Å². The number of hydrogen-bond donors (Lipinski definition) is 0. The maximum absolute atomic E-state index is 6.08. The van der Waals surface area contributed by atoms with Gasteiger partial charge < -0.3 is 9.32 Å². The van der Waals surface area contributed by atoms with E-state index in [1.165, 1.54) is 32.7 Å². The SMILES string of the molecule is c1ccc2c(c1)Sc1ccccc1N2c1ccc(-c2nsc(-c3ccc4c(c3)oc3ccccc34)n2)cc1. The molecule has 7 aromatic rings. The van der Waals surface area contributed by atoms with Crippen molar-refractivity contribution in [2.75, 3.05) is 4.90 Å². The molecule has 2 aromatic heterocycles. The first-order chi connectivity index (χ1) is 18.8. The molecule has 0 amide bonds. The average Bonchev–Trinajstić information content (AvgIpc) is 3.61. The van der Waals surface area contributed by atoms with E-state index in [0.717, 1.165) is 49.6 Å². The highest BCUT2D eigenvalue weighted by atomic mass is 32.2. The zero-order chi connectivity index (χ0) is 25.1. The summed E-state index contributed by atoms with van der Waals surface area (Å²) in [6, 6.07) is 40.0. The number of hydrogen-bond acceptors (Lipinski definition) is 6. The molecule has 0 bridgehead atoms. The van der Waals surface area contributed by atoms with Crippen LogP contribution in [0.25, 0.3) is 43.9 Å². The van der Waals surface area contributed by atoms with E-state index in [2.05, 4.69) is 106 Å². The summed E-state index contributed by atoms with van der Waals surface area (Å²) >= 11 is 3.23. The van der Waals surface area contributed by atoms with Gasteiger partial charge in [0.2, 0.25) is 0 Å².